The Hall–Kier alpha value is -2.05. The molecule has 0 bridgehead atoms. The average Bonchev–Trinajstić information content (AvgIpc) is 3.09. The van der Waals surface area contributed by atoms with Gasteiger partial charge in [0.05, 0.1) is 11.1 Å². The molecular weight excluding hydrogens is 314 g/mol. The minimum Gasteiger partial charge on any atom is -0.493 e. The Morgan fingerprint density at radius 1 is 1.32 bits per heavy atom. The van der Waals surface area contributed by atoms with Crippen LogP contribution in [-0.2, 0) is 6.54 Å². The molecule has 0 atom stereocenters. The smallest absolute Gasteiger partial charge is 0.210 e. The van der Waals surface area contributed by atoms with Gasteiger partial charge in [0, 0.05) is 17.7 Å². The normalized spacial score (nSPS) is 15.5. The van der Waals surface area contributed by atoms with E-state index in [4.69, 9.17) is 12.2 Å². The number of thiazole rings is 1. The van der Waals surface area contributed by atoms with Crippen molar-refractivity contribution in [3.63, 3.8) is 0 Å². The summed E-state index contributed by atoms with van der Waals surface area (Å²) in [6, 6.07) is 9.88. The SMILES string of the molecule is CCCn1c(O)c(C=C2C=NN=C2c2ccccc2)sc1=S. The van der Waals surface area contributed by atoms with E-state index in [1.807, 2.05) is 36.4 Å². The van der Waals surface area contributed by atoms with Gasteiger partial charge in [0.15, 0.2) is 3.95 Å². The maximum atomic E-state index is 10.3. The van der Waals surface area contributed by atoms with Gasteiger partial charge in [-0.15, -0.1) is 16.4 Å². The highest BCUT2D eigenvalue weighted by Crippen LogP contribution is 2.29. The second kappa shape index (κ2) is 6.37. The van der Waals surface area contributed by atoms with Gasteiger partial charge < -0.3 is 5.11 Å². The van der Waals surface area contributed by atoms with Gasteiger partial charge in [-0.1, -0.05) is 37.3 Å². The van der Waals surface area contributed by atoms with Crippen LogP contribution in [0.5, 0.6) is 5.88 Å². The van der Waals surface area contributed by atoms with Crippen LogP contribution in [0.1, 0.15) is 23.8 Å². The van der Waals surface area contributed by atoms with E-state index in [2.05, 4.69) is 17.1 Å². The van der Waals surface area contributed by atoms with Gasteiger partial charge in [0.1, 0.15) is 5.71 Å². The van der Waals surface area contributed by atoms with Gasteiger partial charge in [-0.3, -0.25) is 4.57 Å². The highest BCUT2D eigenvalue weighted by Gasteiger charge is 2.16. The van der Waals surface area contributed by atoms with Crippen LogP contribution < -0.4 is 0 Å². The van der Waals surface area contributed by atoms with Gasteiger partial charge in [0.2, 0.25) is 5.88 Å². The molecule has 0 radical (unpaired) electrons. The van der Waals surface area contributed by atoms with Crippen LogP contribution in [0, 0.1) is 3.95 Å². The Bertz CT molecular complexity index is 829. The lowest BCUT2D eigenvalue weighted by Gasteiger charge is -2.03. The predicted octanol–water partition coefficient (Wildman–Crippen LogP) is 4.27. The minimum atomic E-state index is 0.220. The van der Waals surface area contributed by atoms with Crippen molar-refractivity contribution in [1.29, 1.82) is 0 Å². The number of rotatable bonds is 4. The molecule has 0 aliphatic carbocycles. The Morgan fingerprint density at radius 2 is 2.09 bits per heavy atom. The first-order chi connectivity index (χ1) is 10.7. The number of benzene rings is 1. The first-order valence-electron chi connectivity index (χ1n) is 7.02. The van der Waals surface area contributed by atoms with Crippen molar-refractivity contribution in [1.82, 2.24) is 4.57 Å². The van der Waals surface area contributed by atoms with Gasteiger partial charge >= 0.3 is 0 Å². The Labute approximate surface area is 137 Å². The van der Waals surface area contributed by atoms with Gasteiger partial charge in [-0.05, 0) is 24.7 Å². The average molecular weight is 329 g/mol. The number of hydrogen-bond donors (Lipinski definition) is 1. The molecule has 2 heterocycles. The summed E-state index contributed by atoms with van der Waals surface area (Å²) < 4.78 is 2.44. The van der Waals surface area contributed by atoms with E-state index < -0.39 is 0 Å². The zero-order valence-corrected chi connectivity index (χ0v) is 13.7. The summed E-state index contributed by atoms with van der Waals surface area (Å²) in [4.78, 5) is 0.741. The molecule has 4 nitrogen and oxygen atoms in total. The van der Waals surface area contributed by atoms with Crippen molar-refractivity contribution in [3.8, 4) is 5.88 Å². The third-order valence-corrected chi connectivity index (χ3v) is 4.69. The van der Waals surface area contributed by atoms with E-state index in [1.54, 1.807) is 10.8 Å². The van der Waals surface area contributed by atoms with Crippen LogP contribution in [-0.4, -0.2) is 21.6 Å². The molecule has 22 heavy (non-hydrogen) atoms. The summed E-state index contributed by atoms with van der Waals surface area (Å²) in [5.41, 5.74) is 2.69. The van der Waals surface area contributed by atoms with Crippen LogP contribution in [0.15, 0.2) is 46.1 Å². The quantitative estimate of drug-likeness (QED) is 0.852. The van der Waals surface area contributed by atoms with E-state index >= 15 is 0 Å². The molecule has 0 fully saturated rings. The Morgan fingerprint density at radius 3 is 2.82 bits per heavy atom. The topological polar surface area (TPSA) is 49.9 Å². The van der Waals surface area contributed by atoms with E-state index in [0.717, 1.165) is 34.7 Å². The van der Waals surface area contributed by atoms with Crippen LogP contribution in [0.3, 0.4) is 0 Å². The summed E-state index contributed by atoms with van der Waals surface area (Å²) >= 11 is 6.72. The lowest BCUT2D eigenvalue weighted by molar-refractivity contribution is 0.413. The van der Waals surface area contributed by atoms with Crippen molar-refractivity contribution in [2.24, 2.45) is 10.2 Å². The molecule has 1 aromatic carbocycles. The molecule has 1 aliphatic heterocycles. The van der Waals surface area contributed by atoms with Crippen molar-refractivity contribution in [2.75, 3.05) is 0 Å². The molecule has 0 spiro atoms. The Kier molecular flexibility index (Phi) is 4.31. The van der Waals surface area contributed by atoms with Crippen LogP contribution >= 0.6 is 23.6 Å². The summed E-state index contributed by atoms with van der Waals surface area (Å²) in [5.74, 6) is 0.220. The highest BCUT2D eigenvalue weighted by molar-refractivity contribution is 7.73. The van der Waals surface area contributed by atoms with Crippen molar-refractivity contribution in [3.05, 3.63) is 50.3 Å². The first kappa shape index (κ1) is 14.9. The molecule has 3 rings (SSSR count). The molecule has 0 saturated carbocycles. The summed E-state index contributed by atoms with van der Waals surface area (Å²) in [6.45, 7) is 2.78. The number of nitrogens with zero attached hydrogens (tertiary/aromatic N) is 3. The maximum absolute atomic E-state index is 10.3. The summed E-state index contributed by atoms with van der Waals surface area (Å²) in [5, 5.41) is 18.5. The van der Waals surface area contributed by atoms with Gasteiger partial charge in [-0.25, -0.2) is 0 Å². The zero-order chi connectivity index (χ0) is 15.5. The maximum Gasteiger partial charge on any atom is 0.210 e. The molecule has 0 saturated heterocycles. The fraction of sp³-hybridized carbons (Fsp3) is 0.188. The van der Waals surface area contributed by atoms with E-state index in [1.165, 1.54) is 11.3 Å². The van der Waals surface area contributed by atoms with Crippen LogP contribution in [0.4, 0.5) is 0 Å². The van der Waals surface area contributed by atoms with E-state index in [9.17, 15) is 5.11 Å². The second-order valence-electron chi connectivity index (χ2n) is 4.87. The molecule has 6 heteroatoms. The van der Waals surface area contributed by atoms with Crippen LogP contribution in [0.2, 0.25) is 0 Å². The highest BCUT2D eigenvalue weighted by atomic mass is 32.1. The molecule has 112 valence electrons. The molecule has 1 N–H and O–H groups in total. The first-order valence-corrected chi connectivity index (χ1v) is 8.24. The molecule has 1 aromatic heterocycles. The third-order valence-electron chi connectivity index (χ3n) is 3.30. The molecule has 2 aromatic rings. The second-order valence-corrected chi connectivity index (χ2v) is 6.54. The van der Waals surface area contributed by atoms with Crippen molar-refractivity contribution < 1.29 is 5.11 Å². The monoisotopic (exact) mass is 329 g/mol. The van der Waals surface area contributed by atoms with Crippen LogP contribution in [0.25, 0.3) is 6.08 Å². The van der Waals surface area contributed by atoms with Gasteiger partial charge in [-0.2, -0.15) is 5.10 Å². The zero-order valence-electron chi connectivity index (χ0n) is 12.1. The lowest BCUT2D eigenvalue weighted by Crippen LogP contribution is -2.01. The van der Waals surface area contributed by atoms with E-state index in [0.29, 0.717) is 3.95 Å². The summed E-state index contributed by atoms with van der Waals surface area (Å²) in [7, 11) is 0. The largest absolute Gasteiger partial charge is 0.493 e. The molecular formula is C16H15N3OS2. The summed E-state index contributed by atoms with van der Waals surface area (Å²) in [6.07, 6.45) is 4.52. The number of aromatic hydroxyl groups is 1. The third kappa shape index (κ3) is 2.80. The lowest BCUT2D eigenvalue weighted by atomic mass is 10.0. The number of aromatic nitrogens is 1. The fourth-order valence-electron chi connectivity index (χ4n) is 2.26. The number of allylic oxidation sites excluding steroid dienone is 1. The molecule has 0 amide bonds. The number of hydrogen-bond acceptors (Lipinski definition) is 5. The van der Waals surface area contributed by atoms with Gasteiger partial charge in [0.25, 0.3) is 0 Å². The van der Waals surface area contributed by atoms with Crippen molar-refractivity contribution in [2.45, 2.75) is 19.9 Å². The predicted molar refractivity (Wildman–Crippen MR) is 94.5 cm³/mol. The molecule has 0 unspecified atom stereocenters. The molecule has 1 aliphatic rings. The van der Waals surface area contributed by atoms with E-state index in [-0.39, 0.29) is 5.88 Å². The van der Waals surface area contributed by atoms with Crippen molar-refractivity contribution >= 4 is 41.6 Å². The minimum absolute atomic E-state index is 0.220. The fourth-order valence-corrected chi connectivity index (χ4v) is 3.57. The Balaban J connectivity index is 1.99. The standard InChI is InChI=1S/C16H15N3OS2/c1-2-8-19-15(20)13(22-16(19)21)9-12-10-17-18-14(12)11-6-4-3-5-7-11/h3-7,9-10,20H,2,8H2,1H3.